The molecule has 4 heteroatoms. The van der Waals surface area contributed by atoms with E-state index in [0.717, 1.165) is 33.4 Å². The third-order valence-electron chi connectivity index (χ3n) is 5.43. The Kier molecular flexibility index (Phi) is 5.88. The minimum absolute atomic E-state index is 0.0346. The summed E-state index contributed by atoms with van der Waals surface area (Å²) >= 11 is 6.08. The zero-order valence-corrected chi connectivity index (χ0v) is 18.5. The maximum Gasteiger partial charge on any atom is 0.185 e. The number of pyridine rings is 1. The van der Waals surface area contributed by atoms with Gasteiger partial charge in [0.25, 0.3) is 0 Å². The van der Waals surface area contributed by atoms with Crippen LogP contribution in [0, 0.1) is 20.8 Å². The van der Waals surface area contributed by atoms with E-state index >= 15 is 0 Å². The van der Waals surface area contributed by atoms with Gasteiger partial charge in [0, 0.05) is 33.5 Å². The molecular weight excluding hydrogens is 404 g/mol. The fraction of sp³-hybridized carbons (Fsp3) is 0.111. The summed E-state index contributed by atoms with van der Waals surface area (Å²) in [5, 5.41) is 5.01. The van der Waals surface area contributed by atoms with E-state index in [2.05, 4.69) is 43.2 Å². The summed E-state index contributed by atoms with van der Waals surface area (Å²) < 4.78 is 0. The Morgan fingerprint density at radius 3 is 2.58 bits per heavy atom. The van der Waals surface area contributed by atoms with E-state index in [1.54, 1.807) is 12.3 Å². The number of ketones is 1. The second kappa shape index (κ2) is 8.75. The monoisotopic (exact) mass is 426 g/mol. The molecule has 0 aliphatic heterocycles. The number of fused-ring (bicyclic) bond motifs is 1. The van der Waals surface area contributed by atoms with Gasteiger partial charge in [-0.3, -0.25) is 9.78 Å². The van der Waals surface area contributed by atoms with Crippen LogP contribution in [-0.4, -0.2) is 10.8 Å². The molecule has 0 aliphatic carbocycles. The third-order valence-corrected chi connectivity index (χ3v) is 5.66. The summed E-state index contributed by atoms with van der Waals surface area (Å²) in [5.41, 5.74) is 7.89. The maximum atomic E-state index is 12.8. The first-order chi connectivity index (χ1) is 14.9. The SMILES string of the molecule is Cc1cc(C)c(/C=C/C(=O)c2cccc(Nc3ccnc4cc(Cl)ccc34)c2)cc1C. The Morgan fingerprint density at radius 2 is 1.74 bits per heavy atom. The number of anilines is 2. The summed E-state index contributed by atoms with van der Waals surface area (Å²) in [4.78, 5) is 17.2. The molecule has 154 valence electrons. The summed E-state index contributed by atoms with van der Waals surface area (Å²) in [6, 6.07) is 19.3. The van der Waals surface area contributed by atoms with Crippen LogP contribution in [0.25, 0.3) is 17.0 Å². The Hall–Kier alpha value is -3.43. The molecule has 0 bridgehead atoms. The molecule has 0 radical (unpaired) electrons. The van der Waals surface area contributed by atoms with Crippen LogP contribution in [0.4, 0.5) is 11.4 Å². The smallest absolute Gasteiger partial charge is 0.185 e. The lowest BCUT2D eigenvalue weighted by Gasteiger charge is -2.10. The predicted molar refractivity (Wildman–Crippen MR) is 130 cm³/mol. The van der Waals surface area contributed by atoms with Crippen LogP contribution in [0.5, 0.6) is 0 Å². The number of aryl methyl sites for hydroxylation is 3. The molecule has 3 nitrogen and oxygen atoms in total. The Morgan fingerprint density at radius 1 is 0.935 bits per heavy atom. The molecule has 0 fully saturated rings. The molecule has 31 heavy (non-hydrogen) atoms. The normalized spacial score (nSPS) is 11.2. The Balaban J connectivity index is 1.58. The molecule has 0 aliphatic rings. The minimum atomic E-state index is -0.0346. The molecule has 0 amide bonds. The van der Waals surface area contributed by atoms with Crippen molar-refractivity contribution < 1.29 is 4.79 Å². The highest BCUT2D eigenvalue weighted by molar-refractivity contribution is 6.31. The summed E-state index contributed by atoms with van der Waals surface area (Å²) in [5.74, 6) is -0.0346. The van der Waals surface area contributed by atoms with Gasteiger partial charge in [-0.05, 0) is 85.5 Å². The van der Waals surface area contributed by atoms with Crippen molar-refractivity contribution in [2.75, 3.05) is 5.32 Å². The van der Waals surface area contributed by atoms with Gasteiger partial charge >= 0.3 is 0 Å². The average molecular weight is 427 g/mol. The number of carbonyl (C=O) groups is 1. The van der Waals surface area contributed by atoms with Crippen molar-refractivity contribution in [1.82, 2.24) is 4.98 Å². The van der Waals surface area contributed by atoms with E-state index < -0.39 is 0 Å². The largest absolute Gasteiger partial charge is 0.355 e. The highest BCUT2D eigenvalue weighted by atomic mass is 35.5. The molecule has 0 atom stereocenters. The third kappa shape index (κ3) is 4.68. The van der Waals surface area contributed by atoms with Crippen LogP contribution >= 0.6 is 11.6 Å². The molecule has 4 rings (SSSR count). The van der Waals surface area contributed by atoms with Crippen LogP contribution in [0.15, 0.2) is 72.9 Å². The summed E-state index contributed by atoms with van der Waals surface area (Å²) in [6.07, 6.45) is 5.27. The standard InChI is InChI=1S/C27H23ClN2O/c1-17-13-19(3)20(14-18(17)2)7-10-27(31)21-5-4-6-23(15-21)30-25-11-12-29-26-16-22(28)8-9-24(25)26/h4-16H,1-3H3,(H,29,30)/b10-7+. The zero-order chi connectivity index (χ0) is 22.0. The van der Waals surface area contributed by atoms with Crippen LogP contribution < -0.4 is 5.32 Å². The molecule has 0 saturated carbocycles. The van der Waals surface area contributed by atoms with Gasteiger partial charge in [-0.25, -0.2) is 0 Å². The van der Waals surface area contributed by atoms with Gasteiger partial charge < -0.3 is 5.32 Å². The molecule has 1 aromatic heterocycles. The van der Waals surface area contributed by atoms with Gasteiger partial charge in [-0.1, -0.05) is 41.9 Å². The fourth-order valence-corrected chi connectivity index (χ4v) is 3.73. The van der Waals surface area contributed by atoms with Crippen molar-refractivity contribution in [3.8, 4) is 0 Å². The molecule has 3 aromatic carbocycles. The van der Waals surface area contributed by atoms with Gasteiger partial charge in [0.2, 0.25) is 0 Å². The van der Waals surface area contributed by atoms with Crippen LogP contribution in [0.3, 0.4) is 0 Å². The highest BCUT2D eigenvalue weighted by Crippen LogP contribution is 2.27. The van der Waals surface area contributed by atoms with Gasteiger partial charge in [0.1, 0.15) is 0 Å². The van der Waals surface area contributed by atoms with E-state index in [0.29, 0.717) is 10.6 Å². The number of aromatic nitrogens is 1. The number of hydrogen-bond donors (Lipinski definition) is 1. The second-order valence-corrected chi connectivity index (χ2v) is 8.15. The number of hydrogen-bond acceptors (Lipinski definition) is 3. The number of halogens is 1. The lowest BCUT2D eigenvalue weighted by molar-refractivity contribution is 0.104. The molecule has 0 saturated heterocycles. The first-order valence-electron chi connectivity index (χ1n) is 10.1. The van der Waals surface area contributed by atoms with Crippen molar-refractivity contribution in [1.29, 1.82) is 0 Å². The average Bonchev–Trinajstić information content (AvgIpc) is 2.75. The number of benzene rings is 3. The second-order valence-electron chi connectivity index (χ2n) is 7.72. The minimum Gasteiger partial charge on any atom is -0.355 e. The van der Waals surface area contributed by atoms with Gasteiger partial charge in [-0.15, -0.1) is 0 Å². The van der Waals surface area contributed by atoms with E-state index in [-0.39, 0.29) is 5.78 Å². The van der Waals surface area contributed by atoms with E-state index in [9.17, 15) is 4.79 Å². The summed E-state index contributed by atoms with van der Waals surface area (Å²) in [7, 11) is 0. The number of nitrogens with zero attached hydrogens (tertiary/aromatic N) is 1. The van der Waals surface area contributed by atoms with Crippen molar-refractivity contribution in [3.63, 3.8) is 0 Å². The lowest BCUT2D eigenvalue weighted by Crippen LogP contribution is -1.98. The molecular formula is C27H23ClN2O. The van der Waals surface area contributed by atoms with E-state index in [1.807, 2.05) is 54.6 Å². The van der Waals surface area contributed by atoms with Crippen molar-refractivity contribution in [3.05, 3.63) is 106 Å². The topological polar surface area (TPSA) is 42.0 Å². The Bertz CT molecular complexity index is 1320. The quantitative estimate of drug-likeness (QED) is 0.266. The first-order valence-corrected chi connectivity index (χ1v) is 10.5. The van der Waals surface area contributed by atoms with E-state index in [1.165, 1.54) is 11.1 Å². The lowest BCUT2D eigenvalue weighted by atomic mass is 10.00. The van der Waals surface area contributed by atoms with Crippen molar-refractivity contribution in [2.45, 2.75) is 20.8 Å². The Labute approximate surface area is 187 Å². The number of carbonyl (C=O) groups excluding carboxylic acids is 1. The van der Waals surface area contributed by atoms with Gasteiger partial charge in [-0.2, -0.15) is 0 Å². The maximum absolute atomic E-state index is 12.8. The van der Waals surface area contributed by atoms with Crippen molar-refractivity contribution in [2.24, 2.45) is 0 Å². The number of rotatable bonds is 5. The van der Waals surface area contributed by atoms with E-state index in [4.69, 9.17) is 11.6 Å². The predicted octanol–water partition coefficient (Wildman–Crippen LogP) is 7.45. The van der Waals surface area contributed by atoms with Gasteiger partial charge in [0.05, 0.1) is 5.52 Å². The van der Waals surface area contributed by atoms with Crippen LogP contribution in [0.2, 0.25) is 5.02 Å². The number of nitrogens with one attached hydrogen (secondary N) is 1. The summed E-state index contributed by atoms with van der Waals surface area (Å²) in [6.45, 7) is 6.24. The fourth-order valence-electron chi connectivity index (χ4n) is 3.56. The van der Waals surface area contributed by atoms with Crippen LogP contribution in [0.1, 0.15) is 32.6 Å². The van der Waals surface area contributed by atoms with Crippen LogP contribution in [-0.2, 0) is 0 Å². The molecule has 0 spiro atoms. The molecule has 4 aromatic rings. The van der Waals surface area contributed by atoms with Gasteiger partial charge in [0.15, 0.2) is 5.78 Å². The molecule has 1 heterocycles. The number of allylic oxidation sites excluding steroid dienone is 1. The first kappa shape index (κ1) is 20.8. The van der Waals surface area contributed by atoms with Crippen molar-refractivity contribution >= 4 is 45.7 Å². The molecule has 1 N–H and O–H groups in total. The molecule has 0 unspecified atom stereocenters. The highest BCUT2D eigenvalue weighted by Gasteiger charge is 2.07. The zero-order valence-electron chi connectivity index (χ0n) is 17.7.